The van der Waals surface area contributed by atoms with E-state index < -0.39 is 5.97 Å². The van der Waals surface area contributed by atoms with E-state index in [4.69, 9.17) is 4.74 Å². The number of H-pyrrole nitrogens is 2. The number of esters is 1. The van der Waals surface area contributed by atoms with Crippen molar-refractivity contribution in [2.75, 3.05) is 26.2 Å². The number of ether oxygens (including phenoxy) is 1. The molecular formula is C23H28N4O4. The van der Waals surface area contributed by atoms with Gasteiger partial charge >= 0.3 is 11.7 Å². The molecular weight excluding hydrogens is 396 g/mol. The van der Waals surface area contributed by atoms with Crippen LogP contribution in [0.3, 0.4) is 0 Å². The van der Waals surface area contributed by atoms with Crippen LogP contribution in [0.4, 0.5) is 0 Å². The van der Waals surface area contributed by atoms with Crippen molar-refractivity contribution in [3.8, 4) is 0 Å². The Bertz CT molecular complexity index is 1180. The highest BCUT2D eigenvalue weighted by molar-refractivity contribution is 6.03. The first-order chi connectivity index (χ1) is 14.9. The van der Waals surface area contributed by atoms with Gasteiger partial charge in [-0.3, -0.25) is 14.3 Å². The van der Waals surface area contributed by atoms with E-state index in [9.17, 15) is 14.4 Å². The first-order valence-electron chi connectivity index (χ1n) is 10.7. The number of carbonyl (C=O) groups is 2. The fraction of sp³-hybridized carbons (Fsp3) is 0.435. The number of benzene rings is 1. The van der Waals surface area contributed by atoms with Crippen molar-refractivity contribution < 1.29 is 14.3 Å². The number of Topliss-reactive ketones (excluding diaryl/α,β-unsaturated/α-hetero) is 1. The van der Waals surface area contributed by atoms with Crippen molar-refractivity contribution in [2.24, 2.45) is 0 Å². The number of carbonyl (C=O) groups excluding carboxylic acids is 2. The highest BCUT2D eigenvalue weighted by atomic mass is 16.5. The molecule has 164 valence electrons. The first kappa shape index (κ1) is 21.1. The molecule has 3 heterocycles. The van der Waals surface area contributed by atoms with E-state index in [1.165, 1.54) is 0 Å². The average Bonchev–Trinajstić information content (AvgIpc) is 3.24. The van der Waals surface area contributed by atoms with Crippen LogP contribution in [-0.4, -0.2) is 57.4 Å². The molecule has 2 N–H and O–H groups in total. The fourth-order valence-corrected chi connectivity index (χ4v) is 4.63. The summed E-state index contributed by atoms with van der Waals surface area (Å²) in [6.45, 7) is 7.37. The Balaban J connectivity index is 1.44. The number of aryl methyl sites for hydroxylation is 1. The molecule has 4 rings (SSSR count). The van der Waals surface area contributed by atoms with Crippen LogP contribution in [0.1, 0.15) is 57.9 Å². The number of aromatic nitrogens is 3. The summed E-state index contributed by atoms with van der Waals surface area (Å²) in [5.74, 6) is -0.448. The maximum absolute atomic E-state index is 13.0. The molecule has 1 saturated heterocycles. The molecule has 0 atom stereocenters. The molecule has 2 aromatic heterocycles. The fourth-order valence-electron chi connectivity index (χ4n) is 4.63. The van der Waals surface area contributed by atoms with Crippen LogP contribution in [0.5, 0.6) is 0 Å². The number of fused-ring (bicyclic) bond motifs is 1. The van der Waals surface area contributed by atoms with Gasteiger partial charge in [0.2, 0.25) is 0 Å². The second-order valence-corrected chi connectivity index (χ2v) is 8.09. The smallest absolute Gasteiger partial charge is 0.355 e. The van der Waals surface area contributed by atoms with Crippen molar-refractivity contribution in [2.45, 2.75) is 39.7 Å². The lowest BCUT2D eigenvalue weighted by atomic mass is 10.0. The molecule has 0 amide bonds. The number of nitrogens with zero attached hydrogens (tertiary/aromatic N) is 2. The van der Waals surface area contributed by atoms with Gasteiger partial charge in [0.15, 0.2) is 5.78 Å². The lowest BCUT2D eigenvalue weighted by Gasteiger charge is -2.32. The van der Waals surface area contributed by atoms with E-state index >= 15 is 0 Å². The zero-order valence-electron chi connectivity index (χ0n) is 18.2. The standard InChI is InChI=1S/C23H28N4O4/c1-4-31-22(29)21-14(2)20(15(3)24-21)19(28)13-26-11-9-16(10-12-26)27-18-8-6-5-7-17(18)25-23(27)30/h5-8,16,24H,4,9-13H2,1-3H3,(H,25,30). The lowest BCUT2D eigenvalue weighted by Crippen LogP contribution is -2.39. The molecule has 1 fully saturated rings. The van der Waals surface area contributed by atoms with Crippen LogP contribution in [0.15, 0.2) is 29.1 Å². The number of likely N-dealkylation sites (tertiary alicyclic amines) is 1. The third-order valence-electron chi connectivity index (χ3n) is 6.11. The summed E-state index contributed by atoms with van der Waals surface area (Å²) in [7, 11) is 0. The number of ketones is 1. The van der Waals surface area contributed by atoms with Crippen LogP contribution < -0.4 is 5.69 Å². The minimum absolute atomic E-state index is 0.00971. The molecule has 1 aliphatic rings. The molecule has 0 bridgehead atoms. The number of imidazole rings is 1. The van der Waals surface area contributed by atoms with Crippen molar-refractivity contribution in [1.29, 1.82) is 0 Å². The van der Waals surface area contributed by atoms with Crippen LogP contribution >= 0.6 is 0 Å². The number of piperidine rings is 1. The second kappa shape index (κ2) is 8.55. The molecule has 0 radical (unpaired) electrons. The van der Waals surface area contributed by atoms with Gasteiger partial charge in [-0.25, -0.2) is 9.59 Å². The van der Waals surface area contributed by atoms with E-state index in [1.54, 1.807) is 20.8 Å². The summed E-state index contributed by atoms with van der Waals surface area (Å²) in [6, 6.07) is 7.83. The maximum Gasteiger partial charge on any atom is 0.355 e. The summed E-state index contributed by atoms with van der Waals surface area (Å²) < 4.78 is 6.92. The lowest BCUT2D eigenvalue weighted by molar-refractivity contribution is 0.0519. The number of nitrogens with one attached hydrogen (secondary N) is 2. The molecule has 1 aliphatic heterocycles. The van der Waals surface area contributed by atoms with Gasteiger partial charge < -0.3 is 14.7 Å². The van der Waals surface area contributed by atoms with Gasteiger partial charge in [0.25, 0.3) is 0 Å². The Hall–Kier alpha value is -3.13. The summed E-state index contributed by atoms with van der Waals surface area (Å²) in [5, 5.41) is 0. The second-order valence-electron chi connectivity index (χ2n) is 8.09. The number of hydrogen-bond donors (Lipinski definition) is 2. The summed E-state index contributed by atoms with van der Waals surface area (Å²) in [4.78, 5) is 45.6. The van der Waals surface area contributed by atoms with Crippen LogP contribution in [0.25, 0.3) is 11.0 Å². The average molecular weight is 425 g/mol. The van der Waals surface area contributed by atoms with Gasteiger partial charge in [0.1, 0.15) is 5.69 Å². The highest BCUT2D eigenvalue weighted by Gasteiger charge is 2.27. The SMILES string of the molecule is CCOC(=O)c1[nH]c(C)c(C(=O)CN2CCC(n3c(=O)[nH]c4ccccc43)CC2)c1C. The Morgan fingerprint density at radius 2 is 1.84 bits per heavy atom. The first-order valence-corrected chi connectivity index (χ1v) is 10.7. The van der Waals surface area contributed by atoms with Gasteiger partial charge in [-0.15, -0.1) is 0 Å². The molecule has 0 saturated carbocycles. The van der Waals surface area contributed by atoms with Crippen LogP contribution in [-0.2, 0) is 4.74 Å². The topological polar surface area (TPSA) is 100 Å². The van der Waals surface area contributed by atoms with Gasteiger partial charge in [-0.05, 0) is 51.3 Å². The highest BCUT2D eigenvalue weighted by Crippen LogP contribution is 2.26. The molecule has 1 aromatic carbocycles. The molecule has 8 heteroatoms. The van der Waals surface area contributed by atoms with Gasteiger partial charge in [-0.2, -0.15) is 0 Å². The molecule has 3 aromatic rings. The Labute approximate surface area is 180 Å². The van der Waals surface area contributed by atoms with Crippen molar-refractivity contribution in [1.82, 2.24) is 19.4 Å². The minimum Gasteiger partial charge on any atom is -0.461 e. The zero-order chi connectivity index (χ0) is 22.1. The molecule has 8 nitrogen and oxygen atoms in total. The van der Waals surface area contributed by atoms with Crippen molar-refractivity contribution in [3.05, 3.63) is 57.3 Å². The molecule has 31 heavy (non-hydrogen) atoms. The van der Waals surface area contributed by atoms with Crippen molar-refractivity contribution in [3.63, 3.8) is 0 Å². The number of para-hydroxylation sites is 2. The third kappa shape index (κ3) is 3.95. The van der Waals surface area contributed by atoms with E-state index in [0.717, 1.165) is 37.0 Å². The van der Waals surface area contributed by atoms with Crippen molar-refractivity contribution >= 4 is 22.8 Å². The van der Waals surface area contributed by atoms with E-state index in [0.29, 0.717) is 22.5 Å². The normalized spacial score (nSPS) is 15.5. The molecule has 0 aliphatic carbocycles. The monoisotopic (exact) mass is 424 g/mol. The van der Waals surface area contributed by atoms with Gasteiger partial charge in [0.05, 0.1) is 24.2 Å². The summed E-state index contributed by atoms with van der Waals surface area (Å²) >= 11 is 0. The predicted octanol–water partition coefficient (Wildman–Crippen LogP) is 2.97. The largest absolute Gasteiger partial charge is 0.461 e. The van der Waals surface area contributed by atoms with E-state index in [1.807, 2.05) is 28.8 Å². The molecule has 0 spiro atoms. The summed E-state index contributed by atoms with van der Waals surface area (Å²) in [5.41, 5.74) is 3.93. The number of rotatable bonds is 6. The Morgan fingerprint density at radius 3 is 2.55 bits per heavy atom. The minimum atomic E-state index is -0.438. The Morgan fingerprint density at radius 1 is 1.13 bits per heavy atom. The van der Waals surface area contributed by atoms with Gasteiger partial charge in [-0.1, -0.05) is 12.1 Å². The van der Waals surface area contributed by atoms with Crippen LogP contribution in [0.2, 0.25) is 0 Å². The zero-order valence-corrected chi connectivity index (χ0v) is 18.2. The molecule has 0 unspecified atom stereocenters. The third-order valence-corrected chi connectivity index (χ3v) is 6.11. The summed E-state index contributed by atoms with van der Waals surface area (Å²) in [6.07, 6.45) is 1.60. The predicted molar refractivity (Wildman–Crippen MR) is 118 cm³/mol. The van der Waals surface area contributed by atoms with E-state index in [-0.39, 0.29) is 30.7 Å². The number of hydrogen-bond acceptors (Lipinski definition) is 5. The Kier molecular flexibility index (Phi) is 5.82. The quantitative estimate of drug-likeness (QED) is 0.468. The van der Waals surface area contributed by atoms with E-state index in [2.05, 4.69) is 14.9 Å². The van der Waals surface area contributed by atoms with Crippen LogP contribution in [0, 0.1) is 13.8 Å². The maximum atomic E-state index is 13.0. The number of aromatic amines is 2. The van der Waals surface area contributed by atoms with Gasteiger partial charge in [0, 0.05) is 30.4 Å².